The molecule has 0 unspecified atom stereocenters. The van der Waals surface area contributed by atoms with Crippen LogP contribution in [0.1, 0.15) is 15.4 Å². The minimum atomic E-state index is -0.379. The summed E-state index contributed by atoms with van der Waals surface area (Å²) in [5.74, 6) is -0.716. The molecule has 0 aliphatic heterocycles. The van der Waals surface area contributed by atoms with E-state index < -0.39 is 0 Å². The summed E-state index contributed by atoms with van der Waals surface area (Å²) in [6.45, 7) is 3.60. The first-order valence-electron chi connectivity index (χ1n) is 5.19. The van der Waals surface area contributed by atoms with Crippen LogP contribution in [0.25, 0.3) is 0 Å². The van der Waals surface area contributed by atoms with E-state index in [-0.39, 0.29) is 11.7 Å². The van der Waals surface area contributed by atoms with Gasteiger partial charge in [0.2, 0.25) is 5.13 Å². The molecule has 92 valence electrons. The molecule has 2 rings (SSSR count). The van der Waals surface area contributed by atoms with Gasteiger partial charge in [-0.2, -0.15) is 0 Å². The Labute approximate surface area is 107 Å². The summed E-state index contributed by atoms with van der Waals surface area (Å²) >= 11 is 1.28. The molecule has 0 radical (unpaired) electrons. The zero-order valence-corrected chi connectivity index (χ0v) is 10.2. The fourth-order valence-corrected chi connectivity index (χ4v) is 2.01. The molecule has 0 aliphatic rings. The lowest BCUT2D eigenvalue weighted by atomic mass is 10.2. The summed E-state index contributed by atoms with van der Waals surface area (Å²) in [6, 6.07) is 5.29. The lowest BCUT2D eigenvalue weighted by Gasteiger charge is -2.00. The second-order valence-corrected chi connectivity index (χ2v) is 4.52. The topological polar surface area (TPSA) is 54.9 Å². The Kier molecular flexibility index (Phi) is 3.78. The maximum Gasteiger partial charge on any atom is 0.257 e. The van der Waals surface area contributed by atoms with Gasteiger partial charge in [0, 0.05) is 12.0 Å². The fourth-order valence-electron chi connectivity index (χ4n) is 1.28. The maximum atomic E-state index is 12.7. The molecule has 0 atom stereocenters. The van der Waals surface area contributed by atoms with Crippen molar-refractivity contribution < 1.29 is 9.18 Å². The standard InChI is InChI=1S/C12H10FN3OS/c1-2-3-10-15-16-12(18-10)14-11(17)8-4-6-9(13)7-5-8/h2,4-7H,1,3H2,(H,14,16,17). The van der Waals surface area contributed by atoms with Crippen LogP contribution in [0, 0.1) is 5.82 Å². The monoisotopic (exact) mass is 263 g/mol. The Morgan fingerprint density at radius 1 is 1.39 bits per heavy atom. The van der Waals surface area contributed by atoms with Crippen LogP contribution in [-0.4, -0.2) is 16.1 Å². The molecule has 1 amide bonds. The minimum absolute atomic E-state index is 0.337. The zero-order chi connectivity index (χ0) is 13.0. The third kappa shape index (κ3) is 2.98. The molecule has 2 aromatic rings. The lowest BCUT2D eigenvalue weighted by Crippen LogP contribution is -2.11. The molecule has 0 spiro atoms. The first-order valence-corrected chi connectivity index (χ1v) is 6.01. The zero-order valence-electron chi connectivity index (χ0n) is 9.39. The normalized spacial score (nSPS) is 10.1. The molecule has 1 aromatic carbocycles. The SMILES string of the molecule is C=CCc1nnc(NC(=O)c2ccc(F)cc2)s1. The number of anilines is 1. The van der Waals surface area contributed by atoms with Crippen molar-refractivity contribution >= 4 is 22.4 Å². The van der Waals surface area contributed by atoms with Gasteiger partial charge in [-0.1, -0.05) is 17.4 Å². The Bertz CT molecular complexity index is 565. The molecule has 0 bridgehead atoms. The summed E-state index contributed by atoms with van der Waals surface area (Å²) in [5, 5.41) is 11.5. The highest BCUT2D eigenvalue weighted by atomic mass is 32.1. The number of nitrogens with zero attached hydrogens (tertiary/aromatic N) is 2. The molecular formula is C12H10FN3OS. The van der Waals surface area contributed by atoms with Gasteiger partial charge in [-0.15, -0.1) is 16.8 Å². The van der Waals surface area contributed by atoms with E-state index in [0.29, 0.717) is 17.1 Å². The van der Waals surface area contributed by atoms with Crippen LogP contribution in [0.5, 0.6) is 0 Å². The molecule has 1 heterocycles. The van der Waals surface area contributed by atoms with Crippen molar-refractivity contribution in [2.45, 2.75) is 6.42 Å². The van der Waals surface area contributed by atoms with Crippen LogP contribution in [0.4, 0.5) is 9.52 Å². The number of carbonyl (C=O) groups excluding carboxylic acids is 1. The fraction of sp³-hybridized carbons (Fsp3) is 0.0833. The van der Waals surface area contributed by atoms with E-state index >= 15 is 0 Å². The van der Waals surface area contributed by atoms with Crippen LogP contribution in [-0.2, 0) is 6.42 Å². The van der Waals surface area contributed by atoms with Gasteiger partial charge < -0.3 is 0 Å². The molecule has 0 fully saturated rings. The molecule has 0 saturated heterocycles. The van der Waals surface area contributed by atoms with E-state index in [9.17, 15) is 9.18 Å². The number of rotatable bonds is 4. The van der Waals surface area contributed by atoms with Crippen LogP contribution in [0.2, 0.25) is 0 Å². The number of aromatic nitrogens is 2. The molecule has 1 N–H and O–H groups in total. The summed E-state index contributed by atoms with van der Waals surface area (Å²) in [4.78, 5) is 11.8. The smallest absolute Gasteiger partial charge is 0.257 e. The van der Waals surface area contributed by atoms with E-state index in [0.717, 1.165) is 5.01 Å². The van der Waals surface area contributed by atoms with Crippen LogP contribution < -0.4 is 5.32 Å². The van der Waals surface area contributed by atoms with E-state index in [1.807, 2.05) is 0 Å². The van der Waals surface area contributed by atoms with Gasteiger partial charge in [0.25, 0.3) is 5.91 Å². The first-order chi connectivity index (χ1) is 8.69. The highest BCUT2D eigenvalue weighted by Crippen LogP contribution is 2.16. The number of nitrogens with one attached hydrogen (secondary N) is 1. The third-order valence-electron chi connectivity index (χ3n) is 2.11. The van der Waals surface area contributed by atoms with Crippen molar-refractivity contribution in [3.8, 4) is 0 Å². The Morgan fingerprint density at radius 3 is 2.78 bits per heavy atom. The van der Waals surface area contributed by atoms with Gasteiger partial charge in [0.05, 0.1) is 0 Å². The van der Waals surface area contributed by atoms with Crippen LogP contribution in [0.15, 0.2) is 36.9 Å². The van der Waals surface area contributed by atoms with Crippen LogP contribution >= 0.6 is 11.3 Å². The molecule has 6 heteroatoms. The summed E-state index contributed by atoms with van der Waals surface area (Å²) in [5.41, 5.74) is 0.372. The summed E-state index contributed by atoms with van der Waals surface area (Å²) in [7, 11) is 0. The first kappa shape index (κ1) is 12.4. The van der Waals surface area contributed by atoms with E-state index in [4.69, 9.17) is 0 Å². The Hall–Kier alpha value is -2.08. The quantitative estimate of drug-likeness (QED) is 0.863. The molecular weight excluding hydrogens is 253 g/mol. The highest BCUT2D eigenvalue weighted by molar-refractivity contribution is 7.15. The predicted molar refractivity (Wildman–Crippen MR) is 68.2 cm³/mol. The molecule has 4 nitrogen and oxygen atoms in total. The van der Waals surface area contributed by atoms with Crippen molar-refractivity contribution in [3.63, 3.8) is 0 Å². The van der Waals surface area contributed by atoms with Crippen molar-refractivity contribution in [2.24, 2.45) is 0 Å². The average Bonchev–Trinajstić information content (AvgIpc) is 2.78. The predicted octanol–water partition coefficient (Wildman–Crippen LogP) is 2.66. The van der Waals surface area contributed by atoms with Crippen molar-refractivity contribution in [3.05, 3.63) is 53.3 Å². The van der Waals surface area contributed by atoms with Crippen LogP contribution in [0.3, 0.4) is 0 Å². The minimum Gasteiger partial charge on any atom is -0.296 e. The second-order valence-electron chi connectivity index (χ2n) is 3.45. The third-order valence-corrected chi connectivity index (χ3v) is 2.97. The lowest BCUT2D eigenvalue weighted by molar-refractivity contribution is 0.102. The van der Waals surface area contributed by atoms with Gasteiger partial charge >= 0.3 is 0 Å². The number of hydrogen-bond donors (Lipinski definition) is 1. The van der Waals surface area contributed by atoms with Gasteiger partial charge in [-0.05, 0) is 24.3 Å². The van der Waals surface area contributed by atoms with E-state index in [1.54, 1.807) is 6.08 Å². The molecule has 0 aliphatic carbocycles. The summed E-state index contributed by atoms with van der Waals surface area (Å²) in [6.07, 6.45) is 2.33. The summed E-state index contributed by atoms with van der Waals surface area (Å²) < 4.78 is 12.7. The van der Waals surface area contributed by atoms with Gasteiger partial charge in [-0.3, -0.25) is 10.1 Å². The van der Waals surface area contributed by atoms with Gasteiger partial charge in [0.1, 0.15) is 10.8 Å². The van der Waals surface area contributed by atoms with Crippen molar-refractivity contribution in [1.29, 1.82) is 0 Å². The maximum absolute atomic E-state index is 12.7. The number of allylic oxidation sites excluding steroid dienone is 1. The number of carbonyl (C=O) groups is 1. The Morgan fingerprint density at radius 2 is 2.11 bits per heavy atom. The molecule has 1 aromatic heterocycles. The second kappa shape index (κ2) is 5.50. The van der Waals surface area contributed by atoms with Crippen molar-refractivity contribution in [1.82, 2.24) is 10.2 Å². The number of halogens is 1. The van der Waals surface area contributed by atoms with E-state index in [2.05, 4.69) is 22.1 Å². The number of amides is 1. The van der Waals surface area contributed by atoms with Gasteiger partial charge in [0.15, 0.2) is 0 Å². The van der Waals surface area contributed by atoms with Crippen molar-refractivity contribution in [2.75, 3.05) is 5.32 Å². The number of hydrogen-bond acceptors (Lipinski definition) is 4. The number of benzene rings is 1. The van der Waals surface area contributed by atoms with E-state index in [1.165, 1.54) is 35.6 Å². The average molecular weight is 263 g/mol. The largest absolute Gasteiger partial charge is 0.296 e. The Balaban J connectivity index is 2.06. The molecule has 18 heavy (non-hydrogen) atoms. The van der Waals surface area contributed by atoms with Gasteiger partial charge in [-0.25, -0.2) is 4.39 Å². The molecule has 0 saturated carbocycles. The highest BCUT2D eigenvalue weighted by Gasteiger charge is 2.09.